The van der Waals surface area contributed by atoms with Gasteiger partial charge >= 0.3 is 0 Å². The van der Waals surface area contributed by atoms with Crippen molar-refractivity contribution in [1.82, 2.24) is 0 Å². The Morgan fingerprint density at radius 1 is 0.818 bits per heavy atom. The van der Waals surface area contributed by atoms with Crippen LogP contribution in [0.15, 0.2) is 53.4 Å². The number of piperidine rings is 1. The van der Waals surface area contributed by atoms with Crippen LogP contribution in [0.3, 0.4) is 0 Å². The highest BCUT2D eigenvalue weighted by Crippen LogP contribution is 2.35. The molecule has 5 heteroatoms. The number of benzene rings is 2. The first-order valence-corrected chi connectivity index (χ1v) is 9.08. The Labute approximate surface area is 131 Å². The molecule has 0 saturated carbocycles. The SMILES string of the molecule is NS(=O)(=O)c1ccccc1-c1ccccc1N1CCCCC1. The molecule has 0 amide bonds. The molecule has 1 aliphatic heterocycles. The Balaban J connectivity index is 2.14. The van der Waals surface area contributed by atoms with Crippen molar-refractivity contribution in [1.29, 1.82) is 0 Å². The van der Waals surface area contributed by atoms with E-state index in [2.05, 4.69) is 11.0 Å². The summed E-state index contributed by atoms with van der Waals surface area (Å²) in [6.45, 7) is 2.02. The zero-order chi connectivity index (χ0) is 15.6. The van der Waals surface area contributed by atoms with Crippen LogP contribution in [0.25, 0.3) is 11.1 Å². The van der Waals surface area contributed by atoms with Gasteiger partial charge in [-0.2, -0.15) is 0 Å². The van der Waals surface area contributed by atoms with E-state index in [1.807, 2.05) is 30.3 Å². The number of rotatable bonds is 3. The van der Waals surface area contributed by atoms with Crippen molar-refractivity contribution in [2.24, 2.45) is 5.14 Å². The first kappa shape index (κ1) is 15.1. The highest BCUT2D eigenvalue weighted by molar-refractivity contribution is 7.89. The summed E-state index contributed by atoms with van der Waals surface area (Å²) in [5, 5.41) is 5.38. The summed E-state index contributed by atoms with van der Waals surface area (Å²) in [4.78, 5) is 2.51. The third-order valence-electron chi connectivity index (χ3n) is 4.08. The highest BCUT2D eigenvalue weighted by atomic mass is 32.2. The van der Waals surface area contributed by atoms with Gasteiger partial charge in [0.15, 0.2) is 0 Å². The number of sulfonamides is 1. The van der Waals surface area contributed by atoms with E-state index < -0.39 is 10.0 Å². The maximum atomic E-state index is 11.9. The van der Waals surface area contributed by atoms with E-state index >= 15 is 0 Å². The van der Waals surface area contributed by atoms with Gasteiger partial charge in [0.05, 0.1) is 4.90 Å². The lowest BCUT2D eigenvalue weighted by Crippen LogP contribution is -2.29. The third-order valence-corrected chi connectivity index (χ3v) is 5.05. The molecule has 0 aliphatic carbocycles. The van der Waals surface area contributed by atoms with Crippen LogP contribution in [0, 0.1) is 0 Å². The second-order valence-electron chi connectivity index (χ2n) is 5.61. The number of nitrogens with zero attached hydrogens (tertiary/aromatic N) is 1. The van der Waals surface area contributed by atoms with E-state index in [-0.39, 0.29) is 4.90 Å². The van der Waals surface area contributed by atoms with Crippen molar-refractivity contribution >= 4 is 15.7 Å². The Morgan fingerprint density at radius 3 is 2.09 bits per heavy atom. The molecule has 0 atom stereocenters. The first-order chi connectivity index (χ1) is 10.6. The molecule has 2 N–H and O–H groups in total. The average Bonchev–Trinajstić information content (AvgIpc) is 2.55. The van der Waals surface area contributed by atoms with Crippen molar-refractivity contribution in [3.05, 3.63) is 48.5 Å². The van der Waals surface area contributed by atoms with Crippen molar-refractivity contribution < 1.29 is 8.42 Å². The molecule has 0 bridgehead atoms. The van der Waals surface area contributed by atoms with Crippen LogP contribution in [0.5, 0.6) is 0 Å². The van der Waals surface area contributed by atoms with Crippen LogP contribution in [0.4, 0.5) is 5.69 Å². The fourth-order valence-electron chi connectivity index (χ4n) is 3.05. The number of para-hydroxylation sites is 1. The molecule has 0 aromatic heterocycles. The highest BCUT2D eigenvalue weighted by Gasteiger charge is 2.19. The molecule has 0 unspecified atom stereocenters. The molecular weight excluding hydrogens is 296 g/mol. The summed E-state index contributed by atoms with van der Waals surface area (Å²) in [5.74, 6) is 0. The van der Waals surface area contributed by atoms with Crippen LogP contribution >= 0.6 is 0 Å². The predicted molar refractivity (Wildman–Crippen MR) is 89.3 cm³/mol. The zero-order valence-electron chi connectivity index (χ0n) is 12.4. The third kappa shape index (κ3) is 3.00. The molecular formula is C17H20N2O2S. The predicted octanol–water partition coefficient (Wildman–Crippen LogP) is 2.99. The molecule has 1 heterocycles. The second-order valence-corrected chi connectivity index (χ2v) is 7.14. The van der Waals surface area contributed by atoms with Crippen LogP contribution < -0.4 is 10.0 Å². The van der Waals surface area contributed by atoms with Crippen molar-refractivity contribution in [3.8, 4) is 11.1 Å². The Morgan fingerprint density at radius 2 is 1.41 bits per heavy atom. The summed E-state index contributed by atoms with van der Waals surface area (Å²) in [6.07, 6.45) is 3.60. The van der Waals surface area contributed by atoms with E-state index in [1.165, 1.54) is 19.3 Å². The van der Waals surface area contributed by atoms with Gasteiger partial charge in [0.2, 0.25) is 10.0 Å². The molecule has 1 saturated heterocycles. The van der Waals surface area contributed by atoms with E-state index in [0.717, 1.165) is 24.3 Å². The van der Waals surface area contributed by atoms with Crippen LogP contribution in [-0.2, 0) is 10.0 Å². The minimum absolute atomic E-state index is 0.180. The number of hydrogen-bond acceptors (Lipinski definition) is 3. The largest absolute Gasteiger partial charge is 0.371 e. The molecule has 2 aromatic rings. The quantitative estimate of drug-likeness (QED) is 0.947. The Hall–Kier alpha value is -1.85. The lowest BCUT2D eigenvalue weighted by atomic mass is 10.0. The molecule has 0 radical (unpaired) electrons. The van der Waals surface area contributed by atoms with Gasteiger partial charge in [-0.1, -0.05) is 36.4 Å². The first-order valence-electron chi connectivity index (χ1n) is 7.53. The average molecular weight is 316 g/mol. The molecule has 1 fully saturated rings. The van der Waals surface area contributed by atoms with Gasteiger partial charge in [0.25, 0.3) is 0 Å². The number of nitrogens with two attached hydrogens (primary N) is 1. The standard InChI is InChI=1S/C17H20N2O2S/c18-22(20,21)17-11-5-3-9-15(17)14-8-2-4-10-16(14)19-12-6-1-7-13-19/h2-5,8-11H,1,6-7,12-13H2,(H2,18,20,21). The lowest BCUT2D eigenvalue weighted by Gasteiger charge is -2.31. The lowest BCUT2D eigenvalue weighted by molar-refractivity contribution is 0.578. The smallest absolute Gasteiger partial charge is 0.238 e. The number of hydrogen-bond donors (Lipinski definition) is 1. The van der Waals surface area contributed by atoms with Crippen LogP contribution in [0.1, 0.15) is 19.3 Å². The van der Waals surface area contributed by atoms with E-state index in [1.54, 1.807) is 12.1 Å². The monoisotopic (exact) mass is 316 g/mol. The van der Waals surface area contributed by atoms with Gasteiger partial charge in [-0.3, -0.25) is 0 Å². The molecule has 116 valence electrons. The van der Waals surface area contributed by atoms with Gasteiger partial charge in [-0.25, -0.2) is 13.6 Å². The van der Waals surface area contributed by atoms with Gasteiger partial charge in [-0.05, 0) is 31.4 Å². The topological polar surface area (TPSA) is 63.4 Å². The second kappa shape index (κ2) is 6.10. The number of anilines is 1. The Kier molecular flexibility index (Phi) is 4.18. The summed E-state index contributed by atoms with van der Waals surface area (Å²) in [7, 11) is -3.75. The van der Waals surface area contributed by atoms with Gasteiger partial charge in [0, 0.05) is 29.9 Å². The molecule has 3 rings (SSSR count). The molecule has 0 spiro atoms. The van der Waals surface area contributed by atoms with Crippen molar-refractivity contribution in [3.63, 3.8) is 0 Å². The zero-order valence-corrected chi connectivity index (χ0v) is 13.2. The van der Waals surface area contributed by atoms with E-state index in [0.29, 0.717) is 5.56 Å². The molecule has 4 nitrogen and oxygen atoms in total. The summed E-state index contributed by atoms with van der Waals surface area (Å²) < 4.78 is 23.8. The molecule has 1 aliphatic rings. The summed E-state index contributed by atoms with van der Waals surface area (Å²) in [6, 6.07) is 14.9. The normalized spacial score (nSPS) is 15.8. The van der Waals surface area contributed by atoms with E-state index in [9.17, 15) is 8.42 Å². The van der Waals surface area contributed by atoms with Crippen LogP contribution in [-0.4, -0.2) is 21.5 Å². The van der Waals surface area contributed by atoms with Gasteiger partial charge in [-0.15, -0.1) is 0 Å². The maximum absolute atomic E-state index is 11.9. The van der Waals surface area contributed by atoms with Gasteiger partial charge in [0.1, 0.15) is 0 Å². The van der Waals surface area contributed by atoms with E-state index in [4.69, 9.17) is 5.14 Å². The number of primary sulfonamides is 1. The van der Waals surface area contributed by atoms with Crippen LogP contribution in [0.2, 0.25) is 0 Å². The summed E-state index contributed by atoms with van der Waals surface area (Å²) >= 11 is 0. The van der Waals surface area contributed by atoms with Gasteiger partial charge < -0.3 is 4.90 Å². The van der Waals surface area contributed by atoms with Crippen molar-refractivity contribution in [2.45, 2.75) is 24.2 Å². The minimum Gasteiger partial charge on any atom is -0.371 e. The fourth-order valence-corrected chi connectivity index (χ4v) is 3.80. The van der Waals surface area contributed by atoms with Crippen molar-refractivity contribution in [2.75, 3.05) is 18.0 Å². The maximum Gasteiger partial charge on any atom is 0.238 e. The minimum atomic E-state index is -3.75. The summed E-state index contributed by atoms with van der Waals surface area (Å²) in [5.41, 5.74) is 2.68. The fraction of sp³-hybridized carbons (Fsp3) is 0.294. The molecule has 22 heavy (non-hydrogen) atoms. The molecule has 2 aromatic carbocycles. The Bertz CT molecular complexity index is 766.